The first kappa shape index (κ1) is 15.6. The fourth-order valence-corrected chi connectivity index (χ4v) is 3.18. The molecule has 0 heterocycles. The van der Waals surface area contributed by atoms with Gasteiger partial charge in [-0.25, -0.2) is 12.6 Å². The van der Waals surface area contributed by atoms with Crippen LogP contribution in [0, 0.1) is 6.92 Å². The molecule has 0 unspecified atom stereocenters. The summed E-state index contributed by atoms with van der Waals surface area (Å²) in [5, 5.41) is 0. The van der Waals surface area contributed by atoms with Gasteiger partial charge in [0, 0.05) is 16.7 Å². The summed E-state index contributed by atoms with van der Waals surface area (Å²) in [5.41, 5.74) is 1.62. The summed E-state index contributed by atoms with van der Waals surface area (Å²) in [7, 11) is -4.85. The van der Waals surface area contributed by atoms with Gasteiger partial charge >= 0.3 is 0 Å². The molecule has 4 nitrogen and oxygen atoms in total. The highest BCUT2D eigenvalue weighted by atomic mass is 32.2. The second kappa shape index (κ2) is 6.32. The fourth-order valence-electron chi connectivity index (χ4n) is 1.70. The van der Waals surface area contributed by atoms with E-state index in [1.54, 1.807) is 36.4 Å². The number of aryl methyl sites for hydroxylation is 1. The molecular formula is C15H15NO3S2. The highest BCUT2D eigenvalue weighted by Gasteiger charge is 2.11. The third-order valence-electron chi connectivity index (χ3n) is 2.74. The quantitative estimate of drug-likeness (QED) is 0.813. The van der Waals surface area contributed by atoms with Crippen LogP contribution in [0.2, 0.25) is 0 Å². The smallest absolute Gasteiger partial charge is 0.249 e. The Morgan fingerprint density at radius 2 is 1.67 bits per heavy atom. The first-order valence-electron chi connectivity index (χ1n) is 6.19. The van der Waals surface area contributed by atoms with E-state index in [9.17, 15) is 12.6 Å². The minimum absolute atomic E-state index is 0.529. The second-order valence-electron chi connectivity index (χ2n) is 4.59. The summed E-state index contributed by atoms with van der Waals surface area (Å²) >= 11 is 0. The molecule has 0 radical (unpaired) electrons. The molecule has 110 valence electrons. The number of rotatable bonds is 4. The van der Waals surface area contributed by atoms with E-state index >= 15 is 0 Å². The molecule has 2 rings (SSSR count). The minimum atomic E-state index is -3.46. The van der Waals surface area contributed by atoms with Gasteiger partial charge in [0.2, 0.25) is 10.0 Å². The molecule has 1 atom stereocenters. The molecule has 21 heavy (non-hydrogen) atoms. The van der Waals surface area contributed by atoms with Crippen molar-refractivity contribution >= 4 is 27.0 Å². The van der Waals surface area contributed by atoms with Gasteiger partial charge in [0.15, 0.2) is 0 Å². The van der Waals surface area contributed by atoms with Crippen LogP contribution in [0.25, 0.3) is 0 Å². The van der Waals surface area contributed by atoms with Crippen molar-refractivity contribution in [1.82, 2.24) is 0 Å². The number of hydrogen-bond donors (Lipinski definition) is 0. The van der Waals surface area contributed by atoms with Crippen molar-refractivity contribution in [3.05, 3.63) is 59.7 Å². The van der Waals surface area contributed by atoms with Gasteiger partial charge in [-0.1, -0.05) is 35.9 Å². The second-order valence-corrected chi connectivity index (χ2v) is 7.71. The van der Waals surface area contributed by atoms with Crippen LogP contribution in [0.1, 0.15) is 11.1 Å². The van der Waals surface area contributed by atoms with Crippen molar-refractivity contribution in [3.63, 3.8) is 0 Å². The van der Waals surface area contributed by atoms with Crippen molar-refractivity contribution in [3.8, 4) is 0 Å². The van der Waals surface area contributed by atoms with Gasteiger partial charge in [-0.2, -0.15) is 4.40 Å². The van der Waals surface area contributed by atoms with E-state index in [0.29, 0.717) is 15.4 Å². The van der Waals surface area contributed by atoms with E-state index in [-0.39, 0.29) is 0 Å². The van der Waals surface area contributed by atoms with Crippen molar-refractivity contribution in [1.29, 1.82) is 0 Å². The van der Waals surface area contributed by atoms with Gasteiger partial charge in [0.05, 0.1) is 22.0 Å². The Balaban J connectivity index is 2.42. The average Bonchev–Trinajstić information content (AvgIpc) is 2.45. The Morgan fingerprint density at radius 1 is 1.05 bits per heavy atom. The predicted octanol–water partition coefficient (Wildman–Crippen LogP) is 2.54. The zero-order valence-corrected chi connectivity index (χ0v) is 13.3. The topological polar surface area (TPSA) is 63.6 Å². The first-order valence-corrected chi connectivity index (χ1v) is 9.19. The van der Waals surface area contributed by atoms with Crippen molar-refractivity contribution in [2.45, 2.75) is 16.7 Å². The maximum Gasteiger partial charge on any atom is 0.250 e. The Morgan fingerprint density at radius 3 is 2.29 bits per heavy atom. The molecule has 0 saturated heterocycles. The molecular weight excluding hydrogens is 306 g/mol. The number of sulfonamides is 1. The van der Waals surface area contributed by atoms with Gasteiger partial charge in [-0.15, -0.1) is 0 Å². The van der Waals surface area contributed by atoms with E-state index in [0.717, 1.165) is 11.8 Å². The van der Waals surface area contributed by atoms with Crippen molar-refractivity contribution in [2.24, 2.45) is 4.40 Å². The fraction of sp³-hybridized carbons (Fsp3) is 0.133. The summed E-state index contributed by atoms with van der Waals surface area (Å²) in [6.07, 6.45) is 2.25. The lowest BCUT2D eigenvalue weighted by Gasteiger charge is -2.06. The number of hydrogen-bond acceptors (Lipinski definition) is 3. The highest BCUT2D eigenvalue weighted by Crippen LogP contribution is 2.19. The van der Waals surface area contributed by atoms with Crippen LogP contribution < -0.4 is 0 Å². The van der Waals surface area contributed by atoms with Gasteiger partial charge in [-0.3, -0.25) is 0 Å². The molecule has 0 aromatic heterocycles. The van der Waals surface area contributed by atoms with Crippen LogP contribution >= 0.6 is 0 Å². The molecule has 2 aromatic rings. The third-order valence-corrected chi connectivity index (χ3v) is 4.70. The summed E-state index contributed by atoms with van der Waals surface area (Å²) in [4.78, 5) is 1.20. The molecule has 0 aliphatic carbocycles. The molecule has 0 aliphatic heterocycles. The van der Waals surface area contributed by atoms with Crippen molar-refractivity contribution < 1.29 is 12.6 Å². The zero-order chi connectivity index (χ0) is 15.5. The Kier molecular flexibility index (Phi) is 4.69. The van der Waals surface area contributed by atoms with Gasteiger partial charge in [-0.05, 0) is 25.1 Å². The minimum Gasteiger partial charge on any atom is -0.249 e. The van der Waals surface area contributed by atoms with Crippen LogP contribution in [0.3, 0.4) is 0 Å². The standard InChI is InChI=1S/C15H15NO3S2/c1-12-7-9-14(10-8-12)20(17)15-6-4-3-5-13(15)11-16-21(2,18)19/h3-11H,1-2H3/b16-11+/t20-/m0/s1. The summed E-state index contributed by atoms with van der Waals surface area (Å²) in [5.74, 6) is 0. The largest absolute Gasteiger partial charge is 0.250 e. The molecule has 0 fully saturated rings. The summed E-state index contributed by atoms with van der Waals surface area (Å²) < 4.78 is 38.3. The Hall–Kier alpha value is -1.79. The maximum absolute atomic E-state index is 12.6. The molecule has 0 spiro atoms. The monoisotopic (exact) mass is 321 g/mol. The lowest BCUT2D eigenvalue weighted by atomic mass is 10.2. The maximum atomic E-state index is 12.6. The molecule has 6 heteroatoms. The molecule has 0 bridgehead atoms. The summed E-state index contributed by atoms with van der Waals surface area (Å²) in [6.45, 7) is 1.96. The lowest BCUT2D eigenvalue weighted by Crippen LogP contribution is -1.99. The van der Waals surface area contributed by atoms with E-state index in [4.69, 9.17) is 0 Å². The molecule has 0 N–H and O–H groups in total. The molecule has 2 aromatic carbocycles. The predicted molar refractivity (Wildman–Crippen MR) is 84.7 cm³/mol. The van der Waals surface area contributed by atoms with Crippen LogP contribution in [-0.4, -0.2) is 25.1 Å². The number of benzene rings is 2. The Bertz CT molecular complexity index is 794. The van der Waals surface area contributed by atoms with Crippen LogP contribution in [0.4, 0.5) is 0 Å². The van der Waals surface area contributed by atoms with Gasteiger partial charge in [0.1, 0.15) is 0 Å². The van der Waals surface area contributed by atoms with E-state index in [1.165, 1.54) is 6.21 Å². The lowest BCUT2D eigenvalue weighted by molar-refractivity contribution is 0.604. The van der Waals surface area contributed by atoms with Gasteiger partial charge in [0.25, 0.3) is 0 Å². The van der Waals surface area contributed by atoms with E-state index in [2.05, 4.69) is 4.40 Å². The van der Waals surface area contributed by atoms with Crippen LogP contribution in [-0.2, 0) is 20.8 Å². The normalized spacial score (nSPS) is 13.4. The van der Waals surface area contributed by atoms with Crippen LogP contribution in [0.5, 0.6) is 0 Å². The molecule has 0 saturated carbocycles. The molecule has 0 aliphatic rings. The number of nitrogens with zero attached hydrogens (tertiary/aromatic N) is 1. The van der Waals surface area contributed by atoms with E-state index in [1.807, 2.05) is 19.1 Å². The Labute approximate surface area is 127 Å². The third kappa shape index (κ3) is 4.34. The molecule has 0 amide bonds. The SMILES string of the molecule is Cc1ccc([S@](=O)c2ccccc2/C=N/S(C)(=O)=O)cc1. The summed E-state index contributed by atoms with van der Waals surface area (Å²) in [6, 6.07) is 14.3. The average molecular weight is 321 g/mol. The zero-order valence-electron chi connectivity index (χ0n) is 11.7. The van der Waals surface area contributed by atoms with Gasteiger partial charge < -0.3 is 0 Å². The van der Waals surface area contributed by atoms with Crippen molar-refractivity contribution in [2.75, 3.05) is 6.26 Å². The highest BCUT2D eigenvalue weighted by molar-refractivity contribution is 7.89. The van der Waals surface area contributed by atoms with Crippen LogP contribution in [0.15, 0.2) is 62.7 Å². The van der Waals surface area contributed by atoms with E-state index < -0.39 is 20.8 Å². The first-order chi connectivity index (χ1) is 9.87.